The van der Waals surface area contributed by atoms with Gasteiger partial charge in [-0.2, -0.15) is 0 Å². The second-order valence-corrected chi connectivity index (χ2v) is 10.4. The van der Waals surface area contributed by atoms with E-state index in [0.717, 1.165) is 16.8 Å². The van der Waals surface area contributed by atoms with Gasteiger partial charge in [-0.3, -0.25) is 19.0 Å². The summed E-state index contributed by atoms with van der Waals surface area (Å²) >= 11 is 0. The van der Waals surface area contributed by atoms with Gasteiger partial charge in [-0.25, -0.2) is 4.57 Å². The summed E-state index contributed by atoms with van der Waals surface area (Å²) in [6, 6.07) is 21.4. The maximum atomic E-state index is 13.7. The number of carbonyl (C=O) groups excluding carboxylic acids is 2. The summed E-state index contributed by atoms with van der Waals surface area (Å²) in [5.74, 6) is -0.948. The SMILES string of the molecule is C[C@H]1c2ccccc2Cn2cc3c(c21)C(=O)c1cccc(OP(=O)(O)OCc2ccccc2)c1C3=O. The minimum Gasteiger partial charge on any atom is -0.403 e. The molecule has 0 radical (unpaired) electrons. The molecule has 1 aromatic heterocycles. The smallest absolute Gasteiger partial charge is 0.403 e. The number of benzene rings is 3. The number of hydrogen-bond donors (Lipinski definition) is 1. The fraction of sp³-hybridized carbons (Fsp3) is 0.143. The van der Waals surface area contributed by atoms with Gasteiger partial charge < -0.3 is 9.09 Å². The van der Waals surface area contributed by atoms with Crippen LogP contribution in [0.2, 0.25) is 0 Å². The van der Waals surface area contributed by atoms with Gasteiger partial charge in [0, 0.05) is 29.9 Å². The van der Waals surface area contributed by atoms with Crippen molar-refractivity contribution in [3.63, 3.8) is 0 Å². The van der Waals surface area contributed by atoms with E-state index in [2.05, 4.69) is 0 Å². The number of hydrogen-bond acceptors (Lipinski definition) is 5. The van der Waals surface area contributed by atoms with Crippen molar-refractivity contribution in [2.24, 2.45) is 0 Å². The lowest BCUT2D eigenvalue weighted by atomic mass is 9.81. The van der Waals surface area contributed by atoms with Crippen molar-refractivity contribution in [1.82, 2.24) is 4.57 Å². The maximum absolute atomic E-state index is 13.7. The van der Waals surface area contributed by atoms with Gasteiger partial charge in [0.05, 0.1) is 23.3 Å². The fourth-order valence-corrected chi connectivity index (χ4v) is 5.96. The zero-order valence-corrected chi connectivity index (χ0v) is 20.3. The van der Waals surface area contributed by atoms with E-state index in [-0.39, 0.29) is 40.7 Å². The lowest BCUT2D eigenvalue weighted by molar-refractivity contribution is 0.0976. The second-order valence-electron chi connectivity index (χ2n) is 9.01. The van der Waals surface area contributed by atoms with Crippen molar-refractivity contribution in [3.8, 4) is 5.75 Å². The molecule has 2 atom stereocenters. The Balaban J connectivity index is 1.36. The molecule has 3 aromatic carbocycles. The summed E-state index contributed by atoms with van der Waals surface area (Å²) < 4.78 is 25.2. The van der Waals surface area contributed by atoms with Crippen molar-refractivity contribution in [3.05, 3.63) is 124 Å². The number of phosphoric acid groups is 1. The summed E-state index contributed by atoms with van der Waals surface area (Å²) in [4.78, 5) is 37.7. The lowest BCUT2D eigenvalue weighted by Gasteiger charge is -2.27. The minimum atomic E-state index is -4.58. The van der Waals surface area contributed by atoms with Crippen LogP contribution in [-0.4, -0.2) is 21.0 Å². The number of aromatic nitrogens is 1. The quantitative estimate of drug-likeness (QED) is 0.322. The van der Waals surface area contributed by atoms with Gasteiger partial charge in [-0.15, -0.1) is 0 Å². The molecule has 0 saturated carbocycles. The average molecular weight is 499 g/mol. The van der Waals surface area contributed by atoms with E-state index in [1.54, 1.807) is 36.5 Å². The molecule has 1 unspecified atom stereocenters. The summed E-state index contributed by atoms with van der Waals surface area (Å²) in [5, 5.41) is 0. The zero-order chi connectivity index (χ0) is 25.0. The molecule has 2 aliphatic rings. The van der Waals surface area contributed by atoms with Crippen molar-refractivity contribution < 1.29 is 28.1 Å². The van der Waals surface area contributed by atoms with Crippen molar-refractivity contribution >= 4 is 19.4 Å². The van der Waals surface area contributed by atoms with Crippen LogP contribution in [0.5, 0.6) is 5.75 Å². The molecule has 180 valence electrons. The van der Waals surface area contributed by atoms with Crippen LogP contribution < -0.4 is 4.52 Å². The zero-order valence-electron chi connectivity index (χ0n) is 19.4. The number of ketones is 2. The molecular weight excluding hydrogens is 477 g/mol. The summed E-state index contributed by atoms with van der Waals surface area (Å²) in [6.45, 7) is 2.44. The van der Waals surface area contributed by atoms with Crippen molar-refractivity contribution in [1.29, 1.82) is 0 Å². The number of carbonyl (C=O) groups is 2. The highest BCUT2D eigenvalue weighted by molar-refractivity contribution is 7.47. The van der Waals surface area contributed by atoms with E-state index >= 15 is 0 Å². The molecule has 36 heavy (non-hydrogen) atoms. The van der Waals surface area contributed by atoms with Crippen LogP contribution in [0, 0.1) is 0 Å². The number of phosphoric ester groups is 1. The highest BCUT2D eigenvalue weighted by Gasteiger charge is 2.40. The van der Waals surface area contributed by atoms with Crippen LogP contribution in [0.15, 0.2) is 79.0 Å². The van der Waals surface area contributed by atoms with E-state index in [0.29, 0.717) is 17.7 Å². The van der Waals surface area contributed by atoms with Crippen molar-refractivity contribution in [2.75, 3.05) is 0 Å². The average Bonchev–Trinajstić information content (AvgIpc) is 3.27. The van der Waals surface area contributed by atoms with E-state index in [1.807, 2.05) is 41.8 Å². The molecule has 6 rings (SSSR count). The second kappa shape index (κ2) is 8.42. The van der Waals surface area contributed by atoms with Crippen molar-refractivity contribution in [2.45, 2.75) is 26.0 Å². The third-order valence-electron chi connectivity index (χ3n) is 6.81. The van der Waals surface area contributed by atoms with Crippen LogP contribution in [0.1, 0.15) is 67.1 Å². The molecule has 1 aliphatic heterocycles. The molecule has 0 saturated heterocycles. The Labute approximate surface area is 207 Å². The molecule has 2 heterocycles. The van der Waals surface area contributed by atoms with E-state index < -0.39 is 13.6 Å². The van der Waals surface area contributed by atoms with Gasteiger partial charge in [0.25, 0.3) is 0 Å². The first-order valence-electron chi connectivity index (χ1n) is 11.6. The van der Waals surface area contributed by atoms with E-state index in [4.69, 9.17) is 9.05 Å². The molecule has 0 spiro atoms. The standard InChI is InChI=1S/C28H22NO6P/c1-17-20-11-6-5-10-19(20)14-29-15-22-25(26(17)29)27(30)21-12-7-13-23(24(21)28(22)31)35-36(32,33)34-16-18-8-3-2-4-9-18/h2-13,15,17H,14,16H2,1H3,(H,32,33)/t17-/m0/s1. The topological polar surface area (TPSA) is 94.8 Å². The fourth-order valence-electron chi connectivity index (χ4n) is 5.19. The number of nitrogens with zero attached hydrogens (tertiary/aromatic N) is 1. The molecule has 4 aromatic rings. The molecule has 0 fully saturated rings. The van der Waals surface area contributed by atoms with Crippen LogP contribution in [0.3, 0.4) is 0 Å². The highest BCUT2D eigenvalue weighted by atomic mass is 31.2. The van der Waals surface area contributed by atoms with Crippen LogP contribution in [0.25, 0.3) is 0 Å². The first kappa shape index (κ1) is 22.7. The minimum absolute atomic E-state index is 0.0271. The van der Waals surface area contributed by atoms with Gasteiger partial charge in [0.2, 0.25) is 0 Å². The first-order chi connectivity index (χ1) is 17.3. The Morgan fingerprint density at radius 2 is 1.64 bits per heavy atom. The van der Waals surface area contributed by atoms with Gasteiger partial charge in [-0.05, 0) is 22.8 Å². The molecule has 1 N–H and O–H groups in total. The molecule has 7 nitrogen and oxygen atoms in total. The molecular formula is C28H22NO6P. The third kappa shape index (κ3) is 3.64. The normalized spacial score (nSPS) is 17.4. The summed E-state index contributed by atoms with van der Waals surface area (Å²) in [5.41, 5.74) is 4.55. The molecule has 0 bridgehead atoms. The Bertz CT molecular complexity index is 1590. The van der Waals surface area contributed by atoms with Crippen LogP contribution in [-0.2, 0) is 22.2 Å². The number of rotatable bonds is 5. The summed E-state index contributed by atoms with van der Waals surface area (Å²) in [6.07, 6.45) is 1.71. The predicted molar refractivity (Wildman–Crippen MR) is 132 cm³/mol. The van der Waals surface area contributed by atoms with Crippen LogP contribution >= 0.6 is 7.82 Å². The predicted octanol–water partition coefficient (Wildman–Crippen LogP) is 5.47. The Kier molecular flexibility index (Phi) is 5.30. The Morgan fingerprint density at radius 3 is 2.44 bits per heavy atom. The third-order valence-corrected chi connectivity index (χ3v) is 7.70. The molecule has 1 aliphatic carbocycles. The van der Waals surface area contributed by atoms with Gasteiger partial charge >= 0.3 is 7.82 Å². The van der Waals surface area contributed by atoms with Gasteiger partial charge in [-0.1, -0.05) is 73.7 Å². The van der Waals surface area contributed by atoms with E-state index in [1.165, 1.54) is 12.1 Å². The van der Waals surface area contributed by atoms with Crippen LogP contribution in [0.4, 0.5) is 0 Å². The maximum Gasteiger partial charge on any atom is 0.527 e. The van der Waals surface area contributed by atoms with Gasteiger partial charge in [0.1, 0.15) is 5.75 Å². The molecule has 8 heteroatoms. The largest absolute Gasteiger partial charge is 0.527 e. The lowest BCUT2D eigenvalue weighted by Crippen LogP contribution is -2.23. The number of fused-ring (bicyclic) bond motifs is 5. The molecule has 0 amide bonds. The highest BCUT2D eigenvalue weighted by Crippen LogP contribution is 2.48. The van der Waals surface area contributed by atoms with E-state index in [9.17, 15) is 19.0 Å². The monoisotopic (exact) mass is 499 g/mol. The Hall–Kier alpha value is -3.77. The first-order valence-corrected chi connectivity index (χ1v) is 13.1. The summed E-state index contributed by atoms with van der Waals surface area (Å²) in [7, 11) is -4.58. The van der Waals surface area contributed by atoms with Gasteiger partial charge in [0.15, 0.2) is 11.6 Å². The Morgan fingerprint density at radius 1 is 0.917 bits per heavy atom.